The summed E-state index contributed by atoms with van der Waals surface area (Å²) in [5.74, 6) is 0.457. The number of methoxy groups -OCH3 is 1. The van der Waals surface area contributed by atoms with E-state index < -0.39 is 10.0 Å². The number of ether oxygens (including phenoxy) is 1. The molecule has 7 heteroatoms. The number of hydrogen-bond donors (Lipinski definition) is 2. The number of hydrogen-bond acceptors (Lipinski definition) is 4. The maximum absolute atomic E-state index is 13.2. The molecule has 0 radical (unpaired) electrons. The molecule has 0 saturated carbocycles. The Morgan fingerprint density at radius 2 is 1.62 bits per heavy atom. The SMILES string of the molecule is CC[C@@H](NC(=O)c1ccc(C)c(S(=O)(=O)Nc2cc(C)ccc2C)c1)c1ccc(OC)c(C)c1. The van der Waals surface area contributed by atoms with Crippen molar-refractivity contribution >= 4 is 21.6 Å². The van der Waals surface area contributed by atoms with Gasteiger partial charge in [-0.3, -0.25) is 9.52 Å². The van der Waals surface area contributed by atoms with E-state index in [2.05, 4.69) is 10.0 Å². The van der Waals surface area contributed by atoms with Gasteiger partial charge in [0, 0.05) is 5.56 Å². The van der Waals surface area contributed by atoms with E-state index in [0.29, 0.717) is 17.7 Å². The van der Waals surface area contributed by atoms with Crippen molar-refractivity contribution < 1.29 is 17.9 Å². The smallest absolute Gasteiger partial charge is 0.262 e. The lowest BCUT2D eigenvalue weighted by Crippen LogP contribution is -2.28. The third-order valence-corrected chi connectivity index (χ3v) is 7.42. The topological polar surface area (TPSA) is 84.5 Å². The highest BCUT2D eigenvalue weighted by molar-refractivity contribution is 7.92. The molecule has 180 valence electrons. The number of benzene rings is 3. The predicted octanol–water partition coefficient (Wildman–Crippen LogP) is 5.61. The molecule has 0 aliphatic heterocycles. The molecule has 0 fully saturated rings. The molecule has 0 heterocycles. The molecule has 0 aliphatic rings. The summed E-state index contributed by atoms with van der Waals surface area (Å²) >= 11 is 0. The second kappa shape index (κ2) is 10.3. The van der Waals surface area contributed by atoms with Crippen LogP contribution in [0.4, 0.5) is 5.69 Å². The van der Waals surface area contributed by atoms with Gasteiger partial charge in [0.1, 0.15) is 5.75 Å². The Balaban J connectivity index is 1.87. The van der Waals surface area contributed by atoms with Crippen molar-refractivity contribution in [1.29, 1.82) is 0 Å². The number of rotatable bonds is 8. The Kier molecular flexibility index (Phi) is 7.67. The Labute approximate surface area is 202 Å². The molecule has 3 aromatic rings. The third-order valence-electron chi connectivity index (χ3n) is 5.91. The van der Waals surface area contributed by atoms with Crippen LogP contribution in [0.3, 0.4) is 0 Å². The van der Waals surface area contributed by atoms with E-state index in [1.165, 1.54) is 6.07 Å². The molecule has 0 bridgehead atoms. The van der Waals surface area contributed by atoms with Gasteiger partial charge in [0.15, 0.2) is 0 Å². The molecule has 2 N–H and O–H groups in total. The third kappa shape index (κ3) is 5.59. The van der Waals surface area contributed by atoms with Crippen LogP contribution in [0.5, 0.6) is 5.75 Å². The number of carbonyl (C=O) groups is 1. The first-order chi connectivity index (χ1) is 16.1. The molecule has 3 aromatic carbocycles. The van der Waals surface area contributed by atoms with E-state index in [9.17, 15) is 13.2 Å². The number of sulfonamides is 1. The van der Waals surface area contributed by atoms with Crippen LogP contribution in [-0.2, 0) is 10.0 Å². The van der Waals surface area contributed by atoms with E-state index in [4.69, 9.17) is 4.74 Å². The van der Waals surface area contributed by atoms with Gasteiger partial charge < -0.3 is 10.1 Å². The molecule has 0 aromatic heterocycles. The van der Waals surface area contributed by atoms with Crippen LogP contribution < -0.4 is 14.8 Å². The average molecular weight is 481 g/mol. The van der Waals surface area contributed by atoms with Crippen molar-refractivity contribution in [3.63, 3.8) is 0 Å². The summed E-state index contributed by atoms with van der Waals surface area (Å²) in [6, 6.07) is 15.9. The van der Waals surface area contributed by atoms with Gasteiger partial charge in [-0.25, -0.2) is 8.42 Å². The van der Waals surface area contributed by atoms with Gasteiger partial charge in [-0.1, -0.05) is 37.3 Å². The van der Waals surface area contributed by atoms with Crippen molar-refractivity contribution in [2.24, 2.45) is 0 Å². The van der Waals surface area contributed by atoms with E-state index in [0.717, 1.165) is 28.0 Å². The molecule has 0 spiro atoms. The standard InChI is InChI=1S/C27H32N2O4S/c1-7-23(21-12-13-25(33-6)20(5)15-21)28-27(30)22-11-10-19(4)26(16-22)34(31,32)29-24-14-17(2)8-9-18(24)3/h8-16,23,29H,7H2,1-6H3,(H,28,30)/t23-/m1/s1. The molecule has 1 atom stereocenters. The van der Waals surface area contributed by atoms with E-state index in [1.807, 2.05) is 58.0 Å². The zero-order chi connectivity index (χ0) is 25.0. The van der Waals surface area contributed by atoms with Crippen LogP contribution in [0.2, 0.25) is 0 Å². The molecule has 3 rings (SSSR count). The first kappa shape index (κ1) is 25.3. The monoisotopic (exact) mass is 480 g/mol. The predicted molar refractivity (Wildman–Crippen MR) is 136 cm³/mol. The van der Waals surface area contributed by atoms with Crippen molar-refractivity contribution in [1.82, 2.24) is 5.32 Å². The zero-order valence-electron chi connectivity index (χ0n) is 20.5. The van der Waals surface area contributed by atoms with Gasteiger partial charge in [-0.05, 0) is 86.2 Å². The summed E-state index contributed by atoms with van der Waals surface area (Å²) < 4.78 is 34.4. The summed E-state index contributed by atoms with van der Waals surface area (Å²) in [4.78, 5) is 13.2. The fourth-order valence-corrected chi connectivity index (χ4v) is 5.25. The fraction of sp³-hybridized carbons (Fsp3) is 0.296. The van der Waals surface area contributed by atoms with E-state index >= 15 is 0 Å². The summed E-state index contributed by atoms with van der Waals surface area (Å²) in [5, 5.41) is 3.03. The fourth-order valence-electron chi connectivity index (χ4n) is 3.86. The van der Waals surface area contributed by atoms with Crippen molar-refractivity contribution in [3.8, 4) is 5.75 Å². The number of nitrogens with one attached hydrogen (secondary N) is 2. The van der Waals surface area contributed by atoms with Crippen LogP contribution in [0, 0.1) is 27.7 Å². The van der Waals surface area contributed by atoms with Crippen LogP contribution in [0.25, 0.3) is 0 Å². The van der Waals surface area contributed by atoms with Gasteiger partial charge in [-0.2, -0.15) is 0 Å². The van der Waals surface area contributed by atoms with Gasteiger partial charge in [0.05, 0.1) is 23.7 Å². The number of aryl methyl sites for hydroxylation is 4. The lowest BCUT2D eigenvalue weighted by Gasteiger charge is -2.19. The van der Waals surface area contributed by atoms with Crippen LogP contribution in [0.1, 0.15) is 57.6 Å². The van der Waals surface area contributed by atoms with E-state index in [1.54, 1.807) is 32.2 Å². The normalized spacial score (nSPS) is 12.2. The minimum Gasteiger partial charge on any atom is -0.496 e. The maximum Gasteiger partial charge on any atom is 0.262 e. The van der Waals surface area contributed by atoms with Gasteiger partial charge in [0.25, 0.3) is 15.9 Å². The minimum atomic E-state index is -3.88. The Bertz CT molecular complexity index is 1320. The molecule has 6 nitrogen and oxygen atoms in total. The number of anilines is 1. The first-order valence-corrected chi connectivity index (χ1v) is 12.7. The molecular formula is C27H32N2O4S. The summed E-state index contributed by atoms with van der Waals surface area (Å²) in [6.45, 7) is 9.41. The molecule has 1 amide bonds. The Morgan fingerprint density at radius 1 is 0.912 bits per heavy atom. The number of carbonyl (C=O) groups excluding carboxylic acids is 1. The van der Waals surface area contributed by atoms with Crippen LogP contribution in [0.15, 0.2) is 59.5 Å². The minimum absolute atomic E-state index is 0.0781. The second-order valence-electron chi connectivity index (χ2n) is 8.57. The highest BCUT2D eigenvalue weighted by Gasteiger charge is 2.22. The summed E-state index contributed by atoms with van der Waals surface area (Å²) in [7, 11) is -2.26. The largest absolute Gasteiger partial charge is 0.496 e. The van der Waals surface area contributed by atoms with Crippen LogP contribution in [-0.4, -0.2) is 21.4 Å². The van der Waals surface area contributed by atoms with Gasteiger partial charge in [-0.15, -0.1) is 0 Å². The summed E-state index contributed by atoms with van der Waals surface area (Å²) in [6.07, 6.45) is 0.683. The Hall–Kier alpha value is -3.32. The first-order valence-electron chi connectivity index (χ1n) is 11.2. The quantitative estimate of drug-likeness (QED) is 0.439. The van der Waals surface area contributed by atoms with Gasteiger partial charge >= 0.3 is 0 Å². The maximum atomic E-state index is 13.2. The second-order valence-corrected chi connectivity index (χ2v) is 10.2. The Morgan fingerprint density at radius 3 is 2.26 bits per heavy atom. The highest BCUT2D eigenvalue weighted by atomic mass is 32.2. The highest BCUT2D eigenvalue weighted by Crippen LogP contribution is 2.26. The number of amides is 1. The van der Waals surface area contributed by atoms with Crippen molar-refractivity contribution in [3.05, 3.63) is 88.0 Å². The lowest BCUT2D eigenvalue weighted by atomic mass is 10.0. The summed E-state index contributed by atoms with van der Waals surface area (Å²) in [5.41, 5.74) is 5.09. The van der Waals surface area contributed by atoms with E-state index in [-0.39, 0.29) is 22.4 Å². The molecule has 0 saturated heterocycles. The molecule has 0 unspecified atom stereocenters. The lowest BCUT2D eigenvalue weighted by molar-refractivity contribution is 0.0935. The van der Waals surface area contributed by atoms with Crippen LogP contribution >= 0.6 is 0 Å². The molecular weight excluding hydrogens is 448 g/mol. The zero-order valence-corrected chi connectivity index (χ0v) is 21.3. The van der Waals surface area contributed by atoms with Crippen molar-refractivity contribution in [2.45, 2.75) is 52.0 Å². The van der Waals surface area contributed by atoms with Gasteiger partial charge in [0.2, 0.25) is 0 Å². The molecule has 34 heavy (non-hydrogen) atoms. The average Bonchev–Trinajstić information content (AvgIpc) is 2.79. The molecule has 0 aliphatic carbocycles. The van der Waals surface area contributed by atoms with Crippen molar-refractivity contribution in [2.75, 3.05) is 11.8 Å².